The monoisotopic (exact) mass is 312 g/mol. The van der Waals surface area contributed by atoms with Gasteiger partial charge in [0.25, 0.3) is 10.2 Å². The first kappa shape index (κ1) is 15.7. The van der Waals surface area contributed by atoms with Crippen molar-refractivity contribution in [2.24, 2.45) is 5.73 Å². The van der Waals surface area contributed by atoms with Crippen LogP contribution in [0.5, 0.6) is 0 Å². The van der Waals surface area contributed by atoms with Gasteiger partial charge in [0.1, 0.15) is 0 Å². The van der Waals surface area contributed by atoms with Crippen molar-refractivity contribution in [2.75, 3.05) is 25.4 Å². The van der Waals surface area contributed by atoms with Gasteiger partial charge < -0.3 is 11.5 Å². The molecule has 0 saturated carbocycles. The summed E-state index contributed by atoms with van der Waals surface area (Å²) in [5.74, 6) is -0.673. The highest BCUT2D eigenvalue weighted by atomic mass is 32.2. The van der Waals surface area contributed by atoms with Gasteiger partial charge in [0.2, 0.25) is 5.91 Å². The van der Waals surface area contributed by atoms with Crippen molar-refractivity contribution >= 4 is 21.8 Å². The zero-order chi connectivity index (χ0) is 15.5. The second-order valence-corrected chi connectivity index (χ2v) is 7.02. The van der Waals surface area contributed by atoms with Gasteiger partial charge in [0.15, 0.2) is 0 Å². The molecule has 7 nitrogen and oxygen atoms in total. The van der Waals surface area contributed by atoms with Crippen molar-refractivity contribution in [3.8, 4) is 0 Å². The number of carbonyl (C=O) groups excluding carboxylic acids is 1. The van der Waals surface area contributed by atoms with Gasteiger partial charge in [-0.05, 0) is 30.5 Å². The van der Waals surface area contributed by atoms with Crippen LogP contribution in [0.1, 0.15) is 18.4 Å². The first-order valence-electron chi connectivity index (χ1n) is 6.77. The van der Waals surface area contributed by atoms with E-state index < -0.39 is 16.1 Å². The normalized spacial score (nSPS) is 16.4. The quantitative estimate of drug-likeness (QED) is 0.714. The highest BCUT2D eigenvalue weighted by molar-refractivity contribution is 7.86. The number of hydrogen-bond acceptors (Lipinski definition) is 4. The lowest BCUT2D eigenvalue weighted by Gasteiger charge is -2.26. The molecule has 4 N–H and O–H groups in total. The Morgan fingerprint density at radius 2 is 1.76 bits per heavy atom. The maximum atomic E-state index is 12.6. The molecule has 0 aromatic heterocycles. The number of amides is 1. The highest BCUT2D eigenvalue weighted by Crippen LogP contribution is 2.19. The molecule has 0 unspecified atom stereocenters. The molecule has 0 bridgehead atoms. The zero-order valence-corrected chi connectivity index (χ0v) is 12.6. The maximum Gasteiger partial charge on any atom is 0.282 e. The van der Waals surface area contributed by atoms with Crippen LogP contribution in [-0.4, -0.2) is 42.6 Å². The van der Waals surface area contributed by atoms with Crippen LogP contribution >= 0.6 is 0 Å². The number of benzene rings is 1. The maximum absolute atomic E-state index is 12.6. The third-order valence-corrected chi connectivity index (χ3v) is 5.32. The Kier molecular flexibility index (Phi) is 4.81. The highest BCUT2D eigenvalue weighted by Gasteiger charge is 2.32. The SMILES string of the molecule is NC(=O)CN(Cc1ccc(N)cc1)S(=O)(=O)N1CCCC1. The lowest BCUT2D eigenvalue weighted by Crippen LogP contribution is -2.45. The second kappa shape index (κ2) is 6.42. The van der Waals surface area contributed by atoms with E-state index in [2.05, 4.69) is 0 Å². The topological polar surface area (TPSA) is 110 Å². The van der Waals surface area contributed by atoms with Crippen LogP contribution in [0.15, 0.2) is 24.3 Å². The molecule has 1 aliphatic heterocycles. The molecule has 0 spiro atoms. The van der Waals surface area contributed by atoms with Crippen molar-refractivity contribution in [2.45, 2.75) is 19.4 Å². The van der Waals surface area contributed by atoms with Gasteiger partial charge in [-0.2, -0.15) is 17.0 Å². The number of nitrogens with two attached hydrogens (primary N) is 2. The standard InChI is InChI=1S/C13H20N4O3S/c14-12-5-3-11(4-6-12)9-17(10-13(15)18)21(19,20)16-7-1-2-8-16/h3-6H,1-2,7-10,14H2,(H2,15,18). The lowest BCUT2D eigenvalue weighted by molar-refractivity contribution is -0.118. The molecule has 0 radical (unpaired) electrons. The summed E-state index contributed by atoms with van der Waals surface area (Å²) in [4.78, 5) is 11.2. The summed E-state index contributed by atoms with van der Waals surface area (Å²) in [7, 11) is -3.67. The average Bonchev–Trinajstić information content (AvgIpc) is 2.94. The summed E-state index contributed by atoms with van der Waals surface area (Å²) < 4.78 is 27.6. The Morgan fingerprint density at radius 1 is 1.19 bits per heavy atom. The second-order valence-electron chi connectivity index (χ2n) is 5.09. The van der Waals surface area contributed by atoms with E-state index in [1.165, 1.54) is 4.31 Å². The van der Waals surface area contributed by atoms with E-state index in [1.54, 1.807) is 24.3 Å². The van der Waals surface area contributed by atoms with Crippen molar-refractivity contribution in [1.29, 1.82) is 0 Å². The number of nitrogens with zero attached hydrogens (tertiary/aromatic N) is 2. The van der Waals surface area contributed by atoms with Gasteiger partial charge >= 0.3 is 0 Å². The fourth-order valence-electron chi connectivity index (χ4n) is 2.30. The number of primary amides is 1. The summed E-state index contributed by atoms with van der Waals surface area (Å²) in [6.45, 7) is 0.740. The van der Waals surface area contributed by atoms with Gasteiger partial charge in [0, 0.05) is 25.3 Å². The fraction of sp³-hybridized carbons (Fsp3) is 0.462. The van der Waals surface area contributed by atoms with Crippen molar-refractivity contribution in [3.05, 3.63) is 29.8 Å². The number of carbonyl (C=O) groups is 1. The fourth-order valence-corrected chi connectivity index (χ4v) is 3.95. The molecule has 1 amide bonds. The molecule has 1 aliphatic rings. The summed E-state index contributed by atoms with van der Waals surface area (Å²) in [5, 5.41) is 0. The number of rotatable bonds is 6. The smallest absolute Gasteiger partial charge is 0.282 e. The molecule has 2 rings (SSSR count). The van der Waals surface area contributed by atoms with Crippen molar-refractivity contribution in [3.63, 3.8) is 0 Å². The Morgan fingerprint density at radius 3 is 2.29 bits per heavy atom. The van der Waals surface area contributed by atoms with Gasteiger partial charge in [-0.15, -0.1) is 0 Å². The first-order valence-corrected chi connectivity index (χ1v) is 8.17. The van der Waals surface area contributed by atoms with Crippen LogP contribution in [-0.2, 0) is 21.5 Å². The molecule has 0 atom stereocenters. The van der Waals surface area contributed by atoms with E-state index in [0.717, 1.165) is 22.7 Å². The van der Waals surface area contributed by atoms with Crippen LogP contribution in [0.3, 0.4) is 0 Å². The van der Waals surface area contributed by atoms with E-state index in [-0.39, 0.29) is 13.1 Å². The predicted molar refractivity (Wildman–Crippen MR) is 80.2 cm³/mol. The lowest BCUT2D eigenvalue weighted by atomic mass is 10.2. The molecule has 8 heteroatoms. The Bertz CT molecular complexity index is 594. The molecule has 0 aliphatic carbocycles. The Hall–Kier alpha value is -1.64. The third-order valence-electron chi connectivity index (χ3n) is 3.39. The van der Waals surface area contributed by atoms with E-state index in [4.69, 9.17) is 11.5 Å². The molecular formula is C13H20N4O3S. The van der Waals surface area contributed by atoms with Crippen LogP contribution in [0.4, 0.5) is 5.69 Å². The minimum atomic E-state index is -3.67. The van der Waals surface area contributed by atoms with Gasteiger partial charge in [-0.3, -0.25) is 4.79 Å². The molecule has 1 fully saturated rings. The van der Waals surface area contributed by atoms with Gasteiger partial charge in [0.05, 0.1) is 6.54 Å². The molecular weight excluding hydrogens is 292 g/mol. The van der Waals surface area contributed by atoms with Gasteiger partial charge in [-0.25, -0.2) is 0 Å². The number of anilines is 1. The minimum absolute atomic E-state index is 0.0993. The van der Waals surface area contributed by atoms with E-state index >= 15 is 0 Å². The number of hydrogen-bond donors (Lipinski definition) is 2. The van der Waals surface area contributed by atoms with Crippen LogP contribution in [0.2, 0.25) is 0 Å². The molecule has 1 aromatic carbocycles. The minimum Gasteiger partial charge on any atom is -0.399 e. The van der Waals surface area contributed by atoms with Crippen LogP contribution in [0.25, 0.3) is 0 Å². The Balaban J connectivity index is 2.21. The predicted octanol–water partition coefficient (Wildman–Crippen LogP) is -0.103. The summed E-state index contributed by atoms with van der Waals surface area (Å²) in [5.41, 5.74) is 12.1. The van der Waals surface area contributed by atoms with E-state index in [9.17, 15) is 13.2 Å². The third kappa shape index (κ3) is 3.93. The zero-order valence-electron chi connectivity index (χ0n) is 11.7. The van der Waals surface area contributed by atoms with Crippen molar-refractivity contribution < 1.29 is 13.2 Å². The molecule has 116 valence electrons. The summed E-state index contributed by atoms with van der Waals surface area (Å²) in [6, 6.07) is 6.87. The summed E-state index contributed by atoms with van der Waals surface area (Å²) >= 11 is 0. The average molecular weight is 312 g/mol. The van der Waals surface area contributed by atoms with Gasteiger partial charge in [-0.1, -0.05) is 12.1 Å². The number of nitrogen functional groups attached to an aromatic ring is 1. The molecule has 1 aromatic rings. The molecule has 1 heterocycles. The largest absolute Gasteiger partial charge is 0.399 e. The van der Waals surface area contributed by atoms with Crippen LogP contribution in [0, 0.1) is 0 Å². The van der Waals surface area contributed by atoms with E-state index in [0.29, 0.717) is 18.8 Å². The molecule has 1 saturated heterocycles. The van der Waals surface area contributed by atoms with E-state index in [1.807, 2.05) is 0 Å². The van der Waals surface area contributed by atoms with Crippen molar-refractivity contribution in [1.82, 2.24) is 8.61 Å². The Labute approximate surface area is 124 Å². The molecule has 21 heavy (non-hydrogen) atoms. The summed E-state index contributed by atoms with van der Waals surface area (Å²) in [6.07, 6.45) is 1.68. The van der Waals surface area contributed by atoms with Crippen LogP contribution < -0.4 is 11.5 Å². The first-order chi connectivity index (χ1) is 9.89.